The summed E-state index contributed by atoms with van der Waals surface area (Å²) in [5.41, 5.74) is 2.83. The second-order valence-electron chi connectivity index (χ2n) is 3.44. The summed E-state index contributed by atoms with van der Waals surface area (Å²) in [7, 11) is 0. The van der Waals surface area contributed by atoms with E-state index in [4.69, 9.17) is 0 Å². The Hall–Kier alpha value is -1.24. The smallest absolute Gasteiger partial charge is 0.0481 e. The topological polar surface area (TPSA) is 4.41 Å². The van der Waals surface area contributed by atoms with Crippen molar-refractivity contribution in [3.05, 3.63) is 42.2 Å². The zero-order chi connectivity index (χ0) is 9.10. The standard InChI is InChI=1S/C12H15N/c1-2-3-6-11-8-10-13-9-5-4-7-12(11)13/h4-5,7-10H,2-3,6H2,1H3. The highest BCUT2D eigenvalue weighted by Gasteiger charge is 1.99. The minimum atomic E-state index is 1.21. The zero-order valence-electron chi connectivity index (χ0n) is 8.03. The SMILES string of the molecule is CCCCc1ccn2ccccc12. The van der Waals surface area contributed by atoms with Crippen LogP contribution in [-0.4, -0.2) is 4.40 Å². The number of hydrogen-bond donors (Lipinski definition) is 0. The molecule has 0 amide bonds. The van der Waals surface area contributed by atoms with Crippen LogP contribution < -0.4 is 0 Å². The summed E-state index contributed by atoms with van der Waals surface area (Å²) in [6, 6.07) is 8.58. The third-order valence-corrected chi connectivity index (χ3v) is 2.46. The molecule has 2 rings (SSSR count). The normalized spacial score (nSPS) is 10.8. The van der Waals surface area contributed by atoms with Crippen LogP contribution in [-0.2, 0) is 6.42 Å². The monoisotopic (exact) mass is 173 g/mol. The van der Waals surface area contributed by atoms with Crippen molar-refractivity contribution in [1.82, 2.24) is 4.40 Å². The summed E-state index contributed by atoms with van der Waals surface area (Å²) in [6.45, 7) is 2.23. The van der Waals surface area contributed by atoms with Crippen LogP contribution in [0.5, 0.6) is 0 Å². The fraction of sp³-hybridized carbons (Fsp3) is 0.333. The van der Waals surface area contributed by atoms with E-state index in [-0.39, 0.29) is 0 Å². The van der Waals surface area contributed by atoms with Gasteiger partial charge >= 0.3 is 0 Å². The minimum Gasteiger partial charge on any atom is -0.324 e. The first-order chi connectivity index (χ1) is 6.42. The van der Waals surface area contributed by atoms with Crippen LogP contribution in [0.3, 0.4) is 0 Å². The summed E-state index contributed by atoms with van der Waals surface area (Å²) in [5.74, 6) is 0. The molecule has 0 aliphatic carbocycles. The van der Waals surface area contributed by atoms with E-state index in [1.165, 1.54) is 30.3 Å². The van der Waals surface area contributed by atoms with Crippen LogP contribution in [0.1, 0.15) is 25.3 Å². The largest absolute Gasteiger partial charge is 0.324 e. The fourth-order valence-electron chi connectivity index (χ4n) is 1.69. The van der Waals surface area contributed by atoms with Crippen molar-refractivity contribution in [3.8, 4) is 0 Å². The molecule has 2 aromatic heterocycles. The molecule has 0 aromatic carbocycles. The van der Waals surface area contributed by atoms with Crippen LogP contribution in [0.2, 0.25) is 0 Å². The van der Waals surface area contributed by atoms with Gasteiger partial charge in [-0.15, -0.1) is 0 Å². The van der Waals surface area contributed by atoms with E-state index in [9.17, 15) is 0 Å². The maximum absolute atomic E-state index is 2.23. The lowest BCUT2D eigenvalue weighted by Crippen LogP contribution is -1.84. The maximum atomic E-state index is 2.23. The molecule has 0 radical (unpaired) electrons. The van der Waals surface area contributed by atoms with Gasteiger partial charge in [-0.2, -0.15) is 0 Å². The number of aromatic nitrogens is 1. The van der Waals surface area contributed by atoms with Crippen LogP contribution >= 0.6 is 0 Å². The Bertz CT molecular complexity index is 387. The third kappa shape index (κ3) is 1.59. The predicted molar refractivity (Wildman–Crippen MR) is 56.0 cm³/mol. The summed E-state index contributed by atoms with van der Waals surface area (Å²) >= 11 is 0. The Morgan fingerprint density at radius 2 is 2.08 bits per heavy atom. The number of nitrogens with zero attached hydrogens (tertiary/aromatic N) is 1. The van der Waals surface area contributed by atoms with Crippen LogP contribution in [0.25, 0.3) is 5.52 Å². The molecule has 2 heterocycles. The molecule has 2 aromatic rings. The van der Waals surface area contributed by atoms with Gasteiger partial charge in [-0.1, -0.05) is 19.4 Å². The molecule has 0 aliphatic heterocycles. The predicted octanol–water partition coefficient (Wildman–Crippen LogP) is 3.28. The van der Waals surface area contributed by atoms with E-state index in [2.05, 4.69) is 48.0 Å². The molecule has 0 saturated carbocycles. The fourth-order valence-corrected chi connectivity index (χ4v) is 1.69. The van der Waals surface area contributed by atoms with Gasteiger partial charge in [-0.05, 0) is 36.6 Å². The molecule has 0 atom stereocenters. The van der Waals surface area contributed by atoms with Crippen molar-refractivity contribution in [2.45, 2.75) is 26.2 Å². The number of pyridine rings is 1. The Balaban J connectivity index is 2.35. The molecular formula is C12H15N. The van der Waals surface area contributed by atoms with E-state index in [1.54, 1.807) is 0 Å². The second kappa shape index (κ2) is 3.65. The van der Waals surface area contributed by atoms with E-state index < -0.39 is 0 Å². The Morgan fingerprint density at radius 3 is 2.92 bits per heavy atom. The molecule has 0 fully saturated rings. The van der Waals surface area contributed by atoms with Crippen molar-refractivity contribution in [3.63, 3.8) is 0 Å². The highest BCUT2D eigenvalue weighted by atomic mass is 14.8. The first-order valence-corrected chi connectivity index (χ1v) is 4.96. The molecule has 0 saturated heterocycles. The van der Waals surface area contributed by atoms with E-state index in [0.29, 0.717) is 0 Å². The van der Waals surface area contributed by atoms with Gasteiger partial charge in [0.2, 0.25) is 0 Å². The molecule has 1 heteroatoms. The molecule has 0 spiro atoms. The zero-order valence-corrected chi connectivity index (χ0v) is 8.03. The van der Waals surface area contributed by atoms with Crippen molar-refractivity contribution in [2.24, 2.45) is 0 Å². The summed E-state index contributed by atoms with van der Waals surface area (Å²) in [4.78, 5) is 0. The lowest BCUT2D eigenvalue weighted by Gasteiger charge is -1.98. The summed E-state index contributed by atoms with van der Waals surface area (Å²) in [5, 5.41) is 0. The lowest BCUT2D eigenvalue weighted by molar-refractivity contribution is 0.799. The average Bonchev–Trinajstić information content (AvgIpc) is 2.58. The van der Waals surface area contributed by atoms with Gasteiger partial charge in [-0.25, -0.2) is 0 Å². The van der Waals surface area contributed by atoms with Gasteiger partial charge < -0.3 is 4.40 Å². The van der Waals surface area contributed by atoms with Gasteiger partial charge in [0.05, 0.1) is 0 Å². The Kier molecular flexibility index (Phi) is 2.35. The maximum Gasteiger partial charge on any atom is 0.0481 e. The second-order valence-corrected chi connectivity index (χ2v) is 3.44. The molecular weight excluding hydrogens is 158 g/mol. The van der Waals surface area contributed by atoms with Crippen LogP contribution in [0.4, 0.5) is 0 Å². The van der Waals surface area contributed by atoms with Gasteiger partial charge in [-0.3, -0.25) is 0 Å². The molecule has 1 nitrogen and oxygen atoms in total. The molecule has 68 valence electrons. The van der Waals surface area contributed by atoms with Gasteiger partial charge in [0.1, 0.15) is 0 Å². The average molecular weight is 173 g/mol. The highest BCUT2D eigenvalue weighted by molar-refractivity contribution is 5.55. The Labute approximate surface area is 79.0 Å². The van der Waals surface area contributed by atoms with Gasteiger partial charge in [0, 0.05) is 17.9 Å². The number of hydrogen-bond acceptors (Lipinski definition) is 0. The van der Waals surface area contributed by atoms with Crippen LogP contribution in [0.15, 0.2) is 36.7 Å². The van der Waals surface area contributed by atoms with Gasteiger partial charge in [0.15, 0.2) is 0 Å². The quantitative estimate of drug-likeness (QED) is 0.671. The Morgan fingerprint density at radius 1 is 1.15 bits per heavy atom. The van der Waals surface area contributed by atoms with E-state index >= 15 is 0 Å². The van der Waals surface area contributed by atoms with Crippen LogP contribution in [0, 0.1) is 0 Å². The molecule has 0 unspecified atom stereocenters. The third-order valence-electron chi connectivity index (χ3n) is 2.46. The molecule has 0 bridgehead atoms. The number of unbranched alkanes of at least 4 members (excludes halogenated alkanes) is 1. The first-order valence-electron chi connectivity index (χ1n) is 4.96. The minimum absolute atomic E-state index is 1.21. The molecule has 13 heavy (non-hydrogen) atoms. The van der Waals surface area contributed by atoms with E-state index in [1.807, 2.05) is 0 Å². The molecule has 0 N–H and O–H groups in total. The molecule has 0 aliphatic rings. The van der Waals surface area contributed by atoms with Crippen molar-refractivity contribution >= 4 is 5.52 Å². The van der Waals surface area contributed by atoms with Crippen molar-refractivity contribution in [1.29, 1.82) is 0 Å². The number of rotatable bonds is 3. The first kappa shape index (κ1) is 8.36. The lowest BCUT2D eigenvalue weighted by atomic mass is 10.1. The summed E-state index contributed by atoms with van der Waals surface area (Å²) in [6.07, 6.45) is 8.00. The number of fused-ring (bicyclic) bond motifs is 1. The highest BCUT2D eigenvalue weighted by Crippen LogP contribution is 2.14. The van der Waals surface area contributed by atoms with E-state index in [0.717, 1.165) is 0 Å². The number of aryl methyl sites for hydroxylation is 1. The summed E-state index contributed by atoms with van der Waals surface area (Å²) < 4.78 is 2.19. The van der Waals surface area contributed by atoms with Crippen molar-refractivity contribution in [2.75, 3.05) is 0 Å². The van der Waals surface area contributed by atoms with Crippen molar-refractivity contribution < 1.29 is 0 Å². The van der Waals surface area contributed by atoms with Gasteiger partial charge in [0.25, 0.3) is 0 Å².